The summed E-state index contributed by atoms with van der Waals surface area (Å²) in [5.41, 5.74) is 0.852. The molecule has 0 amide bonds. The van der Waals surface area contributed by atoms with E-state index in [4.69, 9.17) is 11.6 Å². The Morgan fingerprint density at radius 2 is 2.31 bits per heavy atom. The van der Waals surface area contributed by atoms with E-state index >= 15 is 0 Å². The van der Waals surface area contributed by atoms with E-state index in [0.717, 1.165) is 25.3 Å². The van der Waals surface area contributed by atoms with Crippen molar-refractivity contribution in [3.05, 3.63) is 23.2 Å². The van der Waals surface area contributed by atoms with Gasteiger partial charge in [0.2, 0.25) is 0 Å². The molecule has 1 aliphatic rings. The molecule has 1 aromatic heterocycles. The van der Waals surface area contributed by atoms with Crippen LogP contribution in [0.3, 0.4) is 0 Å². The average Bonchev–Trinajstić information content (AvgIpc) is 2.74. The van der Waals surface area contributed by atoms with Crippen LogP contribution in [-0.4, -0.2) is 41.0 Å². The lowest BCUT2D eigenvalue weighted by atomic mass is 10.2. The number of hydrogen-bond acceptors (Lipinski definition) is 4. The number of rotatable bonds is 4. The third-order valence-corrected chi connectivity index (χ3v) is 3.15. The normalized spacial score (nSPS) is 20.6. The highest BCUT2D eigenvalue weighted by molar-refractivity contribution is 6.29. The molecule has 5 heteroatoms. The molecule has 0 saturated carbocycles. The molecule has 0 radical (unpaired) electrons. The maximum atomic E-state index is 5.97. The van der Waals surface area contributed by atoms with Gasteiger partial charge in [-0.05, 0) is 26.4 Å². The summed E-state index contributed by atoms with van der Waals surface area (Å²) in [6.45, 7) is 2.93. The van der Waals surface area contributed by atoms with E-state index in [2.05, 4.69) is 27.2 Å². The maximum Gasteiger partial charge on any atom is 0.151 e. The van der Waals surface area contributed by atoms with Gasteiger partial charge in [-0.2, -0.15) is 0 Å². The topological polar surface area (TPSA) is 41.1 Å². The van der Waals surface area contributed by atoms with Gasteiger partial charge in [0.25, 0.3) is 0 Å². The van der Waals surface area contributed by atoms with Crippen molar-refractivity contribution in [3.63, 3.8) is 0 Å². The van der Waals surface area contributed by atoms with E-state index in [9.17, 15) is 0 Å². The predicted octanol–water partition coefficient (Wildman–Crippen LogP) is 1.31. The molecule has 1 unspecified atom stereocenters. The van der Waals surface area contributed by atoms with E-state index in [1.807, 2.05) is 0 Å². The zero-order valence-corrected chi connectivity index (χ0v) is 10.2. The lowest BCUT2D eigenvalue weighted by molar-refractivity contribution is 0.290. The molecular formula is C11H17ClN4. The molecular weight excluding hydrogens is 224 g/mol. The molecule has 1 saturated heterocycles. The number of aromatic nitrogens is 2. The van der Waals surface area contributed by atoms with Gasteiger partial charge in [0.1, 0.15) is 0 Å². The van der Waals surface area contributed by atoms with Gasteiger partial charge in [-0.15, -0.1) is 0 Å². The second-order valence-corrected chi connectivity index (χ2v) is 4.64. The fourth-order valence-corrected chi connectivity index (χ4v) is 2.23. The molecule has 0 bridgehead atoms. The molecule has 1 aromatic rings. The highest BCUT2D eigenvalue weighted by Gasteiger charge is 2.16. The second kappa shape index (κ2) is 5.57. The van der Waals surface area contributed by atoms with Crippen LogP contribution in [0.1, 0.15) is 18.5 Å². The van der Waals surface area contributed by atoms with Crippen LogP contribution in [0.2, 0.25) is 5.15 Å². The summed E-state index contributed by atoms with van der Waals surface area (Å²) in [6.07, 6.45) is 5.84. The third-order valence-electron chi connectivity index (χ3n) is 2.84. The van der Waals surface area contributed by atoms with Crippen LogP contribution in [0.25, 0.3) is 0 Å². The quantitative estimate of drug-likeness (QED) is 0.862. The molecule has 2 rings (SSSR count). The highest BCUT2D eigenvalue weighted by atomic mass is 35.5. The third kappa shape index (κ3) is 3.14. The van der Waals surface area contributed by atoms with Crippen molar-refractivity contribution in [2.75, 3.05) is 20.1 Å². The first kappa shape index (κ1) is 11.8. The Bertz CT molecular complexity index is 339. The lowest BCUT2D eigenvalue weighted by Gasteiger charge is -2.20. The van der Waals surface area contributed by atoms with Gasteiger partial charge in [-0.3, -0.25) is 9.88 Å². The Hall–Kier alpha value is -0.710. The fraction of sp³-hybridized carbons (Fsp3) is 0.636. The van der Waals surface area contributed by atoms with Crippen molar-refractivity contribution in [3.8, 4) is 0 Å². The largest absolute Gasteiger partial charge is 0.313 e. The molecule has 1 N–H and O–H groups in total. The number of hydrogen-bond donors (Lipinski definition) is 1. The van der Waals surface area contributed by atoms with E-state index in [-0.39, 0.29) is 0 Å². The minimum atomic E-state index is 0.508. The van der Waals surface area contributed by atoms with Crippen molar-refractivity contribution in [2.45, 2.75) is 25.4 Å². The van der Waals surface area contributed by atoms with E-state index < -0.39 is 0 Å². The molecule has 1 atom stereocenters. The summed E-state index contributed by atoms with van der Waals surface area (Å²) in [5.74, 6) is 0. The average molecular weight is 241 g/mol. The highest BCUT2D eigenvalue weighted by Crippen LogP contribution is 2.12. The fourth-order valence-electron chi connectivity index (χ4n) is 2.06. The predicted molar refractivity (Wildman–Crippen MR) is 64.4 cm³/mol. The van der Waals surface area contributed by atoms with Crippen LogP contribution in [0.4, 0.5) is 0 Å². The first-order valence-corrected chi connectivity index (χ1v) is 6.01. The van der Waals surface area contributed by atoms with Crippen LogP contribution in [0.15, 0.2) is 12.4 Å². The first-order chi connectivity index (χ1) is 7.75. The molecule has 4 nitrogen and oxygen atoms in total. The van der Waals surface area contributed by atoms with Crippen LogP contribution in [0.5, 0.6) is 0 Å². The van der Waals surface area contributed by atoms with Gasteiger partial charge in [0.05, 0.1) is 5.69 Å². The number of nitrogens with zero attached hydrogens (tertiary/aromatic N) is 3. The summed E-state index contributed by atoms with van der Waals surface area (Å²) in [6, 6.07) is 0.612. The SMILES string of the molecule is CN(Cc1nccnc1Cl)CC1CCCN1. The van der Waals surface area contributed by atoms with Crippen molar-refractivity contribution in [1.29, 1.82) is 0 Å². The second-order valence-electron chi connectivity index (χ2n) is 4.28. The summed E-state index contributed by atoms with van der Waals surface area (Å²) < 4.78 is 0. The maximum absolute atomic E-state index is 5.97. The van der Waals surface area contributed by atoms with Crippen molar-refractivity contribution >= 4 is 11.6 Å². The van der Waals surface area contributed by atoms with Crippen molar-refractivity contribution in [1.82, 2.24) is 20.2 Å². The molecule has 88 valence electrons. The van der Waals surface area contributed by atoms with Crippen LogP contribution in [0, 0.1) is 0 Å². The smallest absolute Gasteiger partial charge is 0.151 e. The Morgan fingerprint density at radius 1 is 1.50 bits per heavy atom. The van der Waals surface area contributed by atoms with Gasteiger partial charge in [-0.25, -0.2) is 4.98 Å². The number of likely N-dealkylation sites (N-methyl/N-ethyl adjacent to an activating group) is 1. The molecule has 1 fully saturated rings. The van der Waals surface area contributed by atoms with E-state index in [1.54, 1.807) is 12.4 Å². The Balaban J connectivity index is 1.86. The summed E-state index contributed by atoms with van der Waals surface area (Å²) >= 11 is 5.97. The van der Waals surface area contributed by atoms with Gasteiger partial charge in [0, 0.05) is 31.5 Å². The monoisotopic (exact) mass is 240 g/mol. The summed E-state index contributed by atoms with van der Waals surface area (Å²) in [4.78, 5) is 10.5. The van der Waals surface area contributed by atoms with Gasteiger partial charge < -0.3 is 5.32 Å². The zero-order valence-electron chi connectivity index (χ0n) is 9.49. The van der Waals surface area contributed by atoms with Crippen LogP contribution in [-0.2, 0) is 6.54 Å². The van der Waals surface area contributed by atoms with Crippen molar-refractivity contribution < 1.29 is 0 Å². The van der Waals surface area contributed by atoms with Gasteiger partial charge >= 0.3 is 0 Å². The van der Waals surface area contributed by atoms with Crippen LogP contribution < -0.4 is 5.32 Å². The Labute approximate surface area is 101 Å². The first-order valence-electron chi connectivity index (χ1n) is 5.63. The van der Waals surface area contributed by atoms with Gasteiger partial charge in [0.15, 0.2) is 5.15 Å². The lowest BCUT2D eigenvalue weighted by Crippen LogP contribution is -2.35. The van der Waals surface area contributed by atoms with E-state index in [1.165, 1.54) is 12.8 Å². The summed E-state index contributed by atoms with van der Waals surface area (Å²) in [7, 11) is 2.09. The standard InChI is InChI=1S/C11H17ClN4/c1-16(7-9-3-2-4-13-9)8-10-11(12)15-6-5-14-10/h5-6,9,13H,2-4,7-8H2,1H3. The molecule has 0 aliphatic carbocycles. The summed E-state index contributed by atoms with van der Waals surface area (Å²) in [5, 5.41) is 3.99. The van der Waals surface area contributed by atoms with Crippen molar-refractivity contribution in [2.24, 2.45) is 0 Å². The molecule has 0 aromatic carbocycles. The number of nitrogens with one attached hydrogen (secondary N) is 1. The molecule has 0 spiro atoms. The van der Waals surface area contributed by atoms with E-state index in [0.29, 0.717) is 11.2 Å². The number of halogens is 1. The molecule has 2 heterocycles. The minimum Gasteiger partial charge on any atom is -0.313 e. The van der Waals surface area contributed by atoms with Gasteiger partial charge in [-0.1, -0.05) is 11.6 Å². The minimum absolute atomic E-state index is 0.508. The Kier molecular flexibility index (Phi) is 4.09. The zero-order chi connectivity index (χ0) is 11.4. The Morgan fingerprint density at radius 3 is 3.00 bits per heavy atom. The molecule has 1 aliphatic heterocycles. The van der Waals surface area contributed by atoms with Crippen LogP contribution >= 0.6 is 11.6 Å². The molecule has 16 heavy (non-hydrogen) atoms.